The lowest BCUT2D eigenvalue weighted by Gasteiger charge is -2.19. The summed E-state index contributed by atoms with van der Waals surface area (Å²) >= 11 is 0. The van der Waals surface area contributed by atoms with E-state index in [1.165, 1.54) is 0 Å². The van der Waals surface area contributed by atoms with Crippen molar-refractivity contribution < 1.29 is 4.74 Å². The maximum Gasteiger partial charge on any atom is 0.158 e. The normalized spacial score (nSPS) is 12.4. The average Bonchev–Trinajstić information content (AvgIpc) is 2.46. The third-order valence-corrected chi connectivity index (χ3v) is 1.89. The molecular weight excluding hydrogens is 190 g/mol. The van der Waals surface area contributed by atoms with Gasteiger partial charge in [0.2, 0.25) is 0 Å². The SMILES string of the molecule is CC(C)Cn1cnnc1COC(C)(C)C. The van der Waals surface area contributed by atoms with Crippen molar-refractivity contribution in [3.05, 3.63) is 12.2 Å². The summed E-state index contributed by atoms with van der Waals surface area (Å²) in [5.74, 6) is 1.49. The van der Waals surface area contributed by atoms with E-state index in [2.05, 4.69) is 28.6 Å². The quantitative estimate of drug-likeness (QED) is 0.767. The Labute approximate surface area is 91.7 Å². The van der Waals surface area contributed by atoms with E-state index in [0.717, 1.165) is 12.4 Å². The van der Waals surface area contributed by atoms with Crippen LogP contribution in [0.3, 0.4) is 0 Å². The van der Waals surface area contributed by atoms with Gasteiger partial charge in [0.1, 0.15) is 12.9 Å². The van der Waals surface area contributed by atoms with Crippen molar-refractivity contribution >= 4 is 0 Å². The smallest absolute Gasteiger partial charge is 0.158 e. The van der Waals surface area contributed by atoms with Gasteiger partial charge in [-0.3, -0.25) is 0 Å². The van der Waals surface area contributed by atoms with Crippen LogP contribution in [0.5, 0.6) is 0 Å². The minimum Gasteiger partial charge on any atom is -0.368 e. The van der Waals surface area contributed by atoms with E-state index < -0.39 is 0 Å². The average molecular weight is 211 g/mol. The Morgan fingerprint density at radius 3 is 2.60 bits per heavy atom. The molecule has 1 heterocycles. The van der Waals surface area contributed by atoms with E-state index in [1.807, 2.05) is 20.8 Å². The minimum atomic E-state index is -0.130. The Bertz CT molecular complexity index is 299. The third kappa shape index (κ3) is 4.42. The van der Waals surface area contributed by atoms with E-state index in [1.54, 1.807) is 6.33 Å². The van der Waals surface area contributed by atoms with Gasteiger partial charge in [-0.1, -0.05) is 13.8 Å². The van der Waals surface area contributed by atoms with Crippen molar-refractivity contribution in [2.45, 2.75) is 53.4 Å². The van der Waals surface area contributed by atoms with Gasteiger partial charge >= 0.3 is 0 Å². The molecule has 1 rings (SSSR count). The van der Waals surface area contributed by atoms with Crippen LogP contribution in [0.4, 0.5) is 0 Å². The molecule has 0 aliphatic rings. The van der Waals surface area contributed by atoms with Crippen molar-refractivity contribution in [1.82, 2.24) is 14.8 Å². The zero-order chi connectivity index (χ0) is 11.5. The highest BCUT2D eigenvalue weighted by Crippen LogP contribution is 2.11. The summed E-state index contributed by atoms with van der Waals surface area (Å²) in [4.78, 5) is 0. The molecule has 0 saturated carbocycles. The van der Waals surface area contributed by atoms with E-state index >= 15 is 0 Å². The zero-order valence-corrected chi connectivity index (χ0v) is 10.3. The second-order valence-electron chi connectivity index (χ2n) is 5.19. The highest BCUT2D eigenvalue weighted by Gasteiger charge is 2.13. The fraction of sp³-hybridized carbons (Fsp3) is 0.818. The Hall–Kier alpha value is -0.900. The van der Waals surface area contributed by atoms with Crippen LogP contribution < -0.4 is 0 Å². The van der Waals surface area contributed by atoms with Crippen molar-refractivity contribution in [3.63, 3.8) is 0 Å². The molecular formula is C11H21N3O. The van der Waals surface area contributed by atoms with Crippen LogP contribution in [0, 0.1) is 5.92 Å². The second-order valence-corrected chi connectivity index (χ2v) is 5.19. The molecule has 1 aromatic rings. The Balaban J connectivity index is 2.57. The Morgan fingerprint density at radius 2 is 2.07 bits per heavy atom. The maximum atomic E-state index is 5.67. The number of hydrogen-bond donors (Lipinski definition) is 0. The monoisotopic (exact) mass is 211 g/mol. The van der Waals surface area contributed by atoms with E-state index in [-0.39, 0.29) is 5.60 Å². The molecule has 1 aromatic heterocycles. The molecule has 4 nitrogen and oxygen atoms in total. The third-order valence-electron chi connectivity index (χ3n) is 1.89. The first-order valence-corrected chi connectivity index (χ1v) is 5.39. The largest absolute Gasteiger partial charge is 0.368 e. The molecule has 0 N–H and O–H groups in total. The van der Waals surface area contributed by atoms with Crippen LogP contribution in [-0.4, -0.2) is 20.4 Å². The lowest BCUT2D eigenvalue weighted by atomic mass is 10.2. The van der Waals surface area contributed by atoms with Crippen molar-refractivity contribution in [3.8, 4) is 0 Å². The minimum absolute atomic E-state index is 0.130. The number of aromatic nitrogens is 3. The molecule has 0 saturated heterocycles. The zero-order valence-electron chi connectivity index (χ0n) is 10.3. The summed E-state index contributed by atoms with van der Waals surface area (Å²) in [7, 11) is 0. The fourth-order valence-corrected chi connectivity index (χ4v) is 1.22. The van der Waals surface area contributed by atoms with Gasteiger partial charge in [-0.2, -0.15) is 0 Å². The topological polar surface area (TPSA) is 39.9 Å². The molecule has 0 aromatic carbocycles. The molecule has 86 valence electrons. The molecule has 0 atom stereocenters. The van der Waals surface area contributed by atoms with Gasteiger partial charge in [0, 0.05) is 6.54 Å². The molecule has 0 aliphatic carbocycles. The summed E-state index contributed by atoms with van der Waals surface area (Å²) in [6.45, 7) is 11.9. The van der Waals surface area contributed by atoms with Gasteiger partial charge in [0.05, 0.1) is 5.60 Å². The lowest BCUT2D eigenvalue weighted by Crippen LogP contribution is -2.20. The van der Waals surface area contributed by atoms with Crippen LogP contribution in [0.2, 0.25) is 0 Å². The lowest BCUT2D eigenvalue weighted by molar-refractivity contribution is -0.0195. The predicted octanol–water partition coefficient (Wildman–Crippen LogP) is 2.25. The Kier molecular flexibility index (Phi) is 3.85. The second kappa shape index (κ2) is 4.75. The molecule has 15 heavy (non-hydrogen) atoms. The Morgan fingerprint density at radius 1 is 1.40 bits per heavy atom. The first-order valence-electron chi connectivity index (χ1n) is 5.39. The summed E-state index contributed by atoms with van der Waals surface area (Å²) < 4.78 is 7.72. The highest BCUT2D eigenvalue weighted by molar-refractivity contribution is 4.84. The fourth-order valence-electron chi connectivity index (χ4n) is 1.22. The van der Waals surface area contributed by atoms with E-state index in [9.17, 15) is 0 Å². The van der Waals surface area contributed by atoms with E-state index in [0.29, 0.717) is 12.5 Å². The number of rotatable bonds is 4. The van der Waals surface area contributed by atoms with Crippen molar-refractivity contribution in [2.24, 2.45) is 5.92 Å². The summed E-state index contributed by atoms with van der Waals surface area (Å²) in [5.41, 5.74) is -0.130. The molecule has 4 heteroatoms. The van der Waals surface area contributed by atoms with E-state index in [4.69, 9.17) is 4.74 Å². The van der Waals surface area contributed by atoms with Crippen molar-refractivity contribution in [2.75, 3.05) is 0 Å². The first-order chi connectivity index (χ1) is 6.88. The van der Waals surface area contributed by atoms with Gasteiger partial charge in [-0.05, 0) is 26.7 Å². The van der Waals surface area contributed by atoms with Gasteiger partial charge in [-0.15, -0.1) is 10.2 Å². The summed E-state index contributed by atoms with van der Waals surface area (Å²) in [5, 5.41) is 7.97. The number of nitrogens with zero attached hydrogens (tertiary/aromatic N) is 3. The molecule has 0 amide bonds. The molecule has 0 radical (unpaired) electrons. The summed E-state index contributed by atoms with van der Waals surface area (Å²) in [6.07, 6.45) is 1.77. The molecule has 0 bridgehead atoms. The van der Waals surface area contributed by atoms with Crippen LogP contribution in [0.25, 0.3) is 0 Å². The molecule has 0 aliphatic heterocycles. The summed E-state index contributed by atoms with van der Waals surface area (Å²) in [6, 6.07) is 0. The van der Waals surface area contributed by atoms with Crippen LogP contribution in [0.15, 0.2) is 6.33 Å². The predicted molar refractivity (Wildman–Crippen MR) is 59.4 cm³/mol. The van der Waals surface area contributed by atoms with Crippen LogP contribution in [-0.2, 0) is 17.9 Å². The standard InChI is InChI=1S/C11H21N3O/c1-9(2)6-14-8-12-13-10(14)7-15-11(3,4)5/h8-9H,6-7H2,1-5H3. The van der Waals surface area contributed by atoms with Crippen LogP contribution >= 0.6 is 0 Å². The highest BCUT2D eigenvalue weighted by atomic mass is 16.5. The maximum absolute atomic E-state index is 5.67. The van der Waals surface area contributed by atoms with Gasteiger partial charge in [0.25, 0.3) is 0 Å². The van der Waals surface area contributed by atoms with Gasteiger partial charge in [-0.25, -0.2) is 0 Å². The van der Waals surface area contributed by atoms with Gasteiger partial charge < -0.3 is 9.30 Å². The molecule has 0 spiro atoms. The first kappa shape index (κ1) is 12.2. The van der Waals surface area contributed by atoms with Crippen molar-refractivity contribution in [1.29, 1.82) is 0 Å². The number of ether oxygens (including phenoxy) is 1. The molecule has 0 fully saturated rings. The van der Waals surface area contributed by atoms with Crippen LogP contribution in [0.1, 0.15) is 40.4 Å². The van der Waals surface area contributed by atoms with Gasteiger partial charge in [0.15, 0.2) is 5.82 Å². The number of hydrogen-bond acceptors (Lipinski definition) is 3. The molecule has 0 unspecified atom stereocenters.